The molecule has 2 rings (SSSR count). The standard InChI is InChI=1S/C15H18BrO/c1-2-3-9-15(11-16)10-8-12-6-4-5-7-13(12)14(15)17/h2,4-7,17H,1,3,8-11H2. The summed E-state index contributed by atoms with van der Waals surface area (Å²) in [4.78, 5) is 0. The summed E-state index contributed by atoms with van der Waals surface area (Å²) in [6, 6.07) is 8.16. The van der Waals surface area contributed by atoms with Crippen molar-refractivity contribution in [3.63, 3.8) is 0 Å². The summed E-state index contributed by atoms with van der Waals surface area (Å²) >= 11 is 3.58. The third-order valence-electron chi connectivity index (χ3n) is 3.73. The Hall–Kier alpha value is -0.600. The van der Waals surface area contributed by atoms with Gasteiger partial charge < -0.3 is 5.11 Å². The fourth-order valence-electron chi connectivity index (χ4n) is 2.57. The lowest BCUT2D eigenvalue weighted by molar-refractivity contribution is 0.144. The van der Waals surface area contributed by atoms with Crippen LogP contribution < -0.4 is 0 Å². The zero-order valence-corrected chi connectivity index (χ0v) is 11.5. The number of aliphatic hydroxyl groups excluding tert-OH is 1. The third-order valence-corrected chi connectivity index (χ3v) is 4.80. The van der Waals surface area contributed by atoms with Crippen molar-refractivity contribution >= 4 is 15.9 Å². The van der Waals surface area contributed by atoms with E-state index in [0.717, 1.165) is 36.6 Å². The van der Waals surface area contributed by atoms with Crippen LogP contribution in [0.5, 0.6) is 0 Å². The number of benzene rings is 1. The van der Waals surface area contributed by atoms with Gasteiger partial charge in [-0.25, -0.2) is 0 Å². The summed E-state index contributed by atoms with van der Waals surface area (Å²) in [7, 11) is 0. The number of hydrogen-bond acceptors (Lipinski definition) is 1. The molecule has 0 amide bonds. The molecule has 0 saturated carbocycles. The number of fused-ring (bicyclic) bond motifs is 1. The lowest BCUT2D eigenvalue weighted by Crippen LogP contribution is -2.36. The van der Waals surface area contributed by atoms with Gasteiger partial charge in [-0.05, 0) is 36.8 Å². The van der Waals surface area contributed by atoms with Gasteiger partial charge in [-0.2, -0.15) is 0 Å². The van der Waals surface area contributed by atoms with Crippen molar-refractivity contribution in [1.29, 1.82) is 0 Å². The van der Waals surface area contributed by atoms with Gasteiger partial charge in [0.15, 0.2) is 0 Å². The molecule has 1 unspecified atom stereocenters. The molecule has 17 heavy (non-hydrogen) atoms. The van der Waals surface area contributed by atoms with Crippen molar-refractivity contribution < 1.29 is 5.11 Å². The van der Waals surface area contributed by atoms with Crippen LogP contribution in [0.3, 0.4) is 0 Å². The second kappa shape index (κ2) is 5.36. The van der Waals surface area contributed by atoms with Gasteiger partial charge in [-0.1, -0.05) is 46.3 Å². The fraction of sp³-hybridized carbons (Fsp3) is 0.400. The molecule has 1 N–H and O–H groups in total. The lowest BCUT2D eigenvalue weighted by Gasteiger charge is -2.40. The van der Waals surface area contributed by atoms with Crippen molar-refractivity contribution in [2.45, 2.75) is 25.7 Å². The maximum absolute atomic E-state index is 10.6. The minimum absolute atomic E-state index is 0.109. The van der Waals surface area contributed by atoms with E-state index in [0.29, 0.717) is 6.10 Å². The first-order chi connectivity index (χ1) is 8.23. The van der Waals surface area contributed by atoms with E-state index in [4.69, 9.17) is 0 Å². The summed E-state index contributed by atoms with van der Waals surface area (Å²) < 4.78 is 0. The Morgan fingerprint density at radius 2 is 2.18 bits per heavy atom. The van der Waals surface area contributed by atoms with Gasteiger partial charge in [0.05, 0.1) is 0 Å². The second-order valence-electron chi connectivity index (χ2n) is 4.75. The topological polar surface area (TPSA) is 20.2 Å². The number of hydrogen-bond donors (Lipinski definition) is 1. The van der Waals surface area contributed by atoms with E-state index >= 15 is 0 Å². The number of aryl methyl sites for hydroxylation is 1. The maximum Gasteiger partial charge on any atom is 0.130 e. The Balaban J connectivity index is 2.30. The lowest BCUT2D eigenvalue weighted by atomic mass is 9.68. The second-order valence-corrected chi connectivity index (χ2v) is 5.31. The summed E-state index contributed by atoms with van der Waals surface area (Å²) in [6.45, 7) is 3.77. The highest BCUT2D eigenvalue weighted by Crippen LogP contribution is 2.47. The summed E-state index contributed by atoms with van der Waals surface area (Å²) in [6.07, 6.45) is 6.44. The van der Waals surface area contributed by atoms with Crippen LogP contribution in [-0.2, 0) is 6.42 Å². The molecule has 91 valence electrons. The molecule has 1 atom stereocenters. The first kappa shape index (κ1) is 12.8. The molecule has 0 bridgehead atoms. The monoisotopic (exact) mass is 293 g/mol. The number of alkyl halides is 1. The minimum atomic E-state index is -0.109. The first-order valence-electron chi connectivity index (χ1n) is 6.05. The average Bonchev–Trinajstić information content (AvgIpc) is 2.39. The van der Waals surface area contributed by atoms with Gasteiger partial charge in [-0.15, -0.1) is 6.58 Å². The molecule has 0 fully saturated rings. The predicted octanol–water partition coefficient (Wildman–Crippen LogP) is 4.23. The van der Waals surface area contributed by atoms with Crippen LogP contribution in [-0.4, -0.2) is 10.4 Å². The van der Waals surface area contributed by atoms with Crippen molar-refractivity contribution in [1.82, 2.24) is 0 Å². The van der Waals surface area contributed by atoms with Crippen LogP contribution in [0, 0.1) is 11.5 Å². The van der Waals surface area contributed by atoms with Gasteiger partial charge >= 0.3 is 0 Å². The number of aliphatic hydroxyl groups is 1. The SMILES string of the molecule is C=CCCC1(CBr)CCc2ccccc2[C]1O. The largest absolute Gasteiger partial charge is 0.381 e. The average molecular weight is 294 g/mol. The van der Waals surface area contributed by atoms with Crippen molar-refractivity contribution in [2.24, 2.45) is 5.41 Å². The number of allylic oxidation sites excluding steroid dienone is 1. The van der Waals surface area contributed by atoms with Crippen molar-refractivity contribution in [3.05, 3.63) is 54.2 Å². The molecule has 1 radical (unpaired) electrons. The molecule has 0 aromatic heterocycles. The summed E-state index contributed by atoms with van der Waals surface area (Å²) in [5, 5.41) is 11.4. The molecular weight excluding hydrogens is 276 g/mol. The van der Waals surface area contributed by atoms with Gasteiger partial charge in [0.2, 0.25) is 0 Å². The molecule has 1 aromatic carbocycles. The van der Waals surface area contributed by atoms with E-state index in [1.807, 2.05) is 24.3 Å². The van der Waals surface area contributed by atoms with Crippen LogP contribution in [0.4, 0.5) is 0 Å². The maximum atomic E-state index is 10.6. The van der Waals surface area contributed by atoms with Crippen molar-refractivity contribution in [3.8, 4) is 0 Å². The fourth-order valence-corrected chi connectivity index (χ4v) is 3.39. The van der Waals surface area contributed by atoms with E-state index in [1.54, 1.807) is 0 Å². The molecule has 1 nitrogen and oxygen atoms in total. The minimum Gasteiger partial charge on any atom is -0.381 e. The molecule has 0 spiro atoms. The van der Waals surface area contributed by atoms with Gasteiger partial charge in [0.25, 0.3) is 0 Å². The van der Waals surface area contributed by atoms with Crippen LogP contribution in [0.2, 0.25) is 0 Å². The highest BCUT2D eigenvalue weighted by atomic mass is 79.9. The van der Waals surface area contributed by atoms with Crippen LogP contribution >= 0.6 is 15.9 Å². The molecular formula is C15H18BrO. The normalized spacial score (nSPS) is 24.4. The molecule has 1 aliphatic carbocycles. The summed E-state index contributed by atoms with van der Waals surface area (Å²) in [5.74, 6) is 0. The molecule has 0 saturated heterocycles. The van der Waals surface area contributed by atoms with E-state index < -0.39 is 0 Å². The highest BCUT2D eigenvalue weighted by Gasteiger charge is 2.41. The van der Waals surface area contributed by atoms with E-state index in [1.165, 1.54) is 5.56 Å². The highest BCUT2D eigenvalue weighted by molar-refractivity contribution is 9.09. The molecule has 1 aliphatic rings. The quantitative estimate of drug-likeness (QED) is 0.650. The molecule has 2 heteroatoms. The Morgan fingerprint density at radius 1 is 1.41 bits per heavy atom. The Labute approximate surface area is 112 Å². The van der Waals surface area contributed by atoms with Crippen LogP contribution in [0.25, 0.3) is 0 Å². The van der Waals surface area contributed by atoms with Gasteiger partial charge in [-0.3, -0.25) is 0 Å². The van der Waals surface area contributed by atoms with Crippen molar-refractivity contribution in [2.75, 3.05) is 5.33 Å². The van der Waals surface area contributed by atoms with Gasteiger partial charge in [0, 0.05) is 10.7 Å². The first-order valence-corrected chi connectivity index (χ1v) is 7.17. The molecule has 1 aromatic rings. The zero-order chi connectivity index (χ0) is 12.3. The van der Waals surface area contributed by atoms with Crippen LogP contribution in [0.15, 0.2) is 36.9 Å². The van der Waals surface area contributed by atoms with Crippen LogP contribution in [0.1, 0.15) is 30.4 Å². The number of rotatable bonds is 4. The third kappa shape index (κ3) is 2.34. The van der Waals surface area contributed by atoms with E-state index in [2.05, 4.69) is 28.6 Å². The zero-order valence-electron chi connectivity index (χ0n) is 9.95. The smallest absolute Gasteiger partial charge is 0.130 e. The van der Waals surface area contributed by atoms with E-state index in [-0.39, 0.29) is 5.41 Å². The summed E-state index contributed by atoms with van der Waals surface area (Å²) in [5.41, 5.74) is 2.19. The Morgan fingerprint density at radius 3 is 2.88 bits per heavy atom. The molecule has 0 heterocycles. The Kier molecular flexibility index (Phi) is 4.05. The number of halogens is 1. The predicted molar refractivity (Wildman–Crippen MR) is 74.7 cm³/mol. The van der Waals surface area contributed by atoms with E-state index in [9.17, 15) is 5.11 Å². The molecule has 0 aliphatic heterocycles. The Bertz CT molecular complexity index is 402. The van der Waals surface area contributed by atoms with Gasteiger partial charge in [0.1, 0.15) is 6.10 Å².